The molecule has 0 bridgehead atoms. The van der Waals surface area contributed by atoms with E-state index in [1.54, 1.807) is 0 Å². The summed E-state index contributed by atoms with van der Waals surface area (Å²) in [6.07, 6.45) is 9.25. The Balaban J connectivity index is 2.14. The van der Waals surface area contributed by atoms with Crippen LogP contribution in [0.25, 0.3) is 5.69 Å². The van der Waals surface area contributed by atoms with E-state index in [1.807, 2.05) is 54.3 Å². The first-order valence-corrected chi connectivity index (χ1v) is 6.03. The smallest absolute Gasteiger partial charge is 0.0662 e. The number of nitrogens with one attached hydrogen (secondary N) is 1. The molecule has 1 aromatic heterocycles. The monoisotopic (exact) mass is 239 g/mol. The van der Waals surface area contributed by atoms with Crippen molar-refractivity contribution in [3.63, 3.8) is 0 Å². The van der Waals surface area contributed by atoms with Gasteiger partial charge in [-0.05, 0) is 26.0 Å². The van der Waals surface area contributed by atoms with Crippen molar-refractivity contribution < 1.29 is 0 Å². The number of para-hydroxylation sites is 1. The van der Waals surface area contributed by atoms with Gasteiger partial charge in [0.2, 0.25) is 0 Å². The molecular weight excluding hydrogens is 222 g/mol. The van der Waals surface area contributed by atoms with Gasteiger partial charge in [-0.25, -0.2) is 4.68 Å². The predicted octanol–water partition coefficient (Wildman–Crippen LogP) is 2.54. The van der Waals surface area contributed by atoms with E-state index in [0.29, 0.717) is 0 Å². The molecule has 0 amide bonds. The maximum absolute atomic E-state index is 5.36. The number of hydrogen-bond donors (Lipinski definition) is 1. The molecular formula is C15H17N3. The summed E-state index contributed by atoms with van der Waals surface area (Å²) in [4.78, 5) is 0. The summed E-state index contributed by atoms with van der Waals surface area (Å²) in [5.41, 5.74) is 2.18. The van der Waals surface area contributed by atoms with Crippen LogP contribution in [0.1, 0.15) is 25.5 Å². The van der Waals surface area contributed by atoms with Crippen molar-refractivity contribution in [3.8, 4) is 18.0 Å². The molecule has 0 saturated heterocycles. The van der Waals surface area contributed by atoms with E-state index in [1.165, 1.54) is 0 Å². The summed E-state index contributed by atoms with van der Waals surface area (Å²) in [6, 6.07) is 10.3. The Morgan fingerprint density at radius 3 is 2.67 bits per heavy atom. The van der Waals surface area contributed by atoms with Crippen LogP contribution in [0.15, 0.2) is 42.7 Å². The highest BCUT2D eigenvalue weighted by Crippen LogP contribution is 2.14. The molecule has 0 saturated carbocycles. The van der Waals surface area contributed by atoms with Gasteiger partial charge in [-0.15, -0.1) is 6.42 Å². The van der Waals surface area contributed by atoms with Crippen LogP contribution < -0.4 is 5.32 Å². The van der Waals surface area contributed by atoms with Gasteiger partial charge < -0.3 is 0 Å². The SMILES string of the molecule is C#CC(C)NC(C)c1cnn(-c2ccccc2)c1. The van der Waals surface area contributed by atoms with Crippen LogP contribution in [0.2, 0.25) is 0 Å². The summed E-state index contributed by atoms with van der Waals surface area (Å²) in [6.45, 7) is 4.05. The van der Waals surface area contributed by atoms with E-state index in [-0.39, 0.29) is 12.1 Å². The average Bonchev–Trinajstić information content (AvgIpc) is 2.89. The fourth-order valence-electron chi connectivity index (χ4n) is 1.80. The zero-order valence-electron chi connectivity index (χ0n) is 10.7. The number of hydrogen-bond acceptors (Lipinski definition) is 2. The van der Waals surface area contributed by atoms with E-state index in [0.717, 1.165) is 11.3 Å². The van der Waals surface area contributed by atoms with Crippen LogP contribution in [0, 0.1) is 12.3 Å². The van der Waals surface area contributed by atoms with Gasteiger partial charge in [-0.3, -0.25) is 5.32 Å². The topological polar surface area (TPSA) is 29.9 Å². The van der Waals surface area contributed by atoms with Crippen LogP contribution in [0.4, 0.5) is 0 Å². The molecule has 1 N–H and O–H groups in total. The lowest BCUT2D eigenvalue weighted by molar-refractivity contribution is 0.546. The standard InChI is InChI=1S/C15H17N3/c1-4-12(2)17-13(3)14-10-16-18(11-14)15-8-6-5-7-9-15/h1,5-13,17H,2-3H3. The Labute approximate surface area is 108 Å². The van der Waals surface area contributed by atoms with E-state index in [4.69, 9.17) is 6.42 Å². The van der Waals surface area contributed by atoms with Crippen molar-refractivity contribution in [3.05, 3.63) is 48.3 Å². The molecule has 2 unspecified atom stereocenters. The normalized spacial score (nSPS) is 13.8. The summed E-state index contributed by atoms with van der Waals surface area (Å²) < 4.78 is 1.87. The van der Waals surface area contributed by atoms with Gasteiger partial charge in [-0.2, -0.15) is 5.10 Å². The number of benzene rings is 1. The first kappa shape index (κ1) is 12.4. The molecule has 2 rings (SSSR count). The molecule has 92 valence electrons. The van der Waals surface area contributed by atoms with Gasteiger partial charge in [-0.1, -0.05) is 24.1 Å². The number of nitrogens with zero attached hydrogens (tertiary/aromatic N) is 2. The van der Waals surface area contributed by atoms with Crippen LogP contribution in [0.3, 0.4) is 0 Å². The molecule has 3 heteroatoms. The van der Waals surface area contributed by atoms with Crippen LogP contribution in [0.5, 0.6) is 0 Å². The molecule has 0 spiro atoms. The maximum Gasteiger partial charge on any atom is 0.0662 e. The van der Waals surface area contributed by atoms with Gasteiger partial charge in [0.25, 0.3) is 0 Å². The Morgan fingerprint density at radius 1 is 1.28 bits per heavy atom. The van der Waals surface area contributed by atoms with E-state index >= 15 is 0 Å². The lowest BCUT2D eigenvalue weighted by Crippen LogP contribution is -2.27. The largest absolute Gasteiger partial charge is 0.297 e. The number of rotatable bonds is 4. The third-order valence-corrected chi connectivity index (χ3v) is 2.87. The molecule has 0 aliphatic carbocycles. The maximum atomic E-state index is 5.36. The molecule has 1 aromatic carbocycles. The lowest BCUT2D eigenvalue weighted by Gasteiger charge is -2.14. The van der Waals surface area contributed by atoms with Crippen molar-refractivity contribution in [2.75, 3.05) is 0 Å². The second kappa shape index (κ2) is 5.52. The fourth-order valence-corrected chi connectivity index (χ4v) is 1.80. The molecule has 18 heavy (non-hydrogen) atoms. The molecule has 3 nitrogen and oxygen atoms in total. The second-order valence-corrected chi connectivity index (χ2v) is 4.33. The van der Waals surface area contributed by atoms with Crippen LogP contribution >= 0.6 is 0 Å². The van der Waals surface area contributed by atoms with Crippen molar-refractivity contribution >= 4 is 0 Å². The molecule has 0 aliphatic rings. The van der Waals surface area contributed by atoms with E-state index in [9.17, 15) is 0 Å². The first-order chi connectivity index (χ1) is 8.70. The summed E-state index contributed by atoms with van der Waals surface area (Å²) >= 11 is 0. The highest BCUT2D eigenvalue weighted by molar-refractivity contribution is 5.31. The average molecular weight is 239 g/mol. The molecule has 2 aromatic rings. The third-order valence-electron chi connectivity index (χ3n) is 2.87. The summed E-state index contributed by atoms with van der Waals surface area (Å²) in [5, 5.41) is 7.69. The van der Waals surface area contributed by atoms with Gasteiger partial charge in [0, 0.05) is 17.8 Å². The van der Waals surface area contributed by atoms with Gasteiger partial charge >= 0.3 is 0 Å². The van der Waals surface area contributed by atoms with Crippen LogP contribution in [-0.4, -0.2) is 15.8 Å². The fraction of sp³-hybridized carbons (Fsp3) is 0.267. The van der Waals surface area contributed by atoms with E-state index < -0.39 is 0 Å². The predicted molar refractivity (Wildman–Crippen MR) is 73.4 cm³/mol. The molecule has 2 atom stereocenters. The molecule has 1 heterocycles. The van der Waals surface area contributed by atoms with Gasteiger partial charge in [0.05, 0.1) is 17.9 Å². The van der Waals surface area contributed by atoms with Crippen molar-refractivity contribution in [1.29, 1.82) is 0 Å². The number of aromatic nitrogens is 2. The Hall–Kier alpha value is -2.05. The van der Waals surface area contributed by atoms with Crippen molar-refractivity contribution in [2.24, 2.45) is 0 Å². The van der Waals surface area contributed by atoms with Crippen LogP contribution in [-0.2, 0) is 0 Å². The Kier molecular flexibility index (Phi) is 3.81. The number of terminal acetylenes is 1. The molecule has 0 fully saturated rings. The summed E-state index contributed by atoms with van der Waals surface area (Å²) in [5.74, 6) is 2.67. The lowest BCUT2D eigenvalue weighted by atomic mass is 10.1. The minimum Gasteiger partial charge on any atom is -0.297 e. The minimum atomic E-state index is 0.0556. The second-order valence-electron chi connectivity index (χ2n) is 4.33. The Morgan fingerprint density at radius 2 is 2.00 bits per heavy atom. The summed E-state index contributed by atoms with van der Waals surface area (Å²) in [7, 11) is 0. The van der Waals surface area contributed by atoms with E-state index in [2.05, 4.69) is 23.3 Å². The zero-order valence-corrected chi connectivity index (χ0v) is 10.7. The van der Waals surface area contributed by atoms with Gasteiger partial charge in [0.15, 0.2) is 0 Å². The Bertz CT molecular complexity index is 536. The quantitative estimate of drug-likeness (QED) is 0.831. The first-order valence-electron chi connectivity index (χ1n) is 6.03. The molecule has 0 aliphatic heterocycles. The minimum absolute atomic E-state index is 0.0556. The zero-order chi connectivity index (χ0) is 13.0. The van der Waals surface area contributed by atoms with Crippen molar-refractivity contribution in [2.45, 2.75) is 25.9 Å². The van der Waals surface area contributed by atoms with Crippen molar-refractivity contribution in [1.82, 2.24) is 15.1 Å². The highest BCUT2D eigenvalue weighted by atomic mass is 15.3. The molecule has 0 radical (unpaired) electrons. The highest BCUT2D eigenvalue weighted by Gasteiger charge is 2.10. The third kappa shape index (κ3) is 2.79. The van der Waals surface area contributed by atoms with Gasteiger partial charge in [0.1, 0.15) is 0 Å².